The highest BCUT2D eigenvalue weighted by Gasteiger charge is 2.63. The number of fused-ring (bicyclic) bond motifs is 2. The minimum Gasteiger partial charge on any atom is -0.506 e. The first kappa shape index (κ1) is 24.4. The third kappa shape index (κ3) is 3.73. The lowest BCUT2D eigenvalue weighted by molar-refractivity contribution is -0.277. The molecular weight excluding hydrogens is 481 g/mol. The fourth-order valence-electron chi connectivity index (χ4n) is 4.88. The van der Waals surface area contributed by atoms with Crippen LogP contribution in [-0.4, -0.2) is 38.5 Å². The Morgan fingerprint density at radius 2 is 1.91 bits per heavy atom. The monoisotopic (exact) mass is 501 g/mol. The highest BCUT2D eigenvalue weighted by molar-refractivity contribution is 6.32. The van der Waals surface area contributed by atoms with Crippen molar-refractivity contribution < 1.29 is 32.2 Å². The van der Waals surface area contributed by atoms with Crippen molar-refractivity contribution in [3.05, 3.63) is 58.0 Å². The van der Waals surface area contributed by atoms with Crippen LogP contribution in [0.5, 0.6) is 5.75 Å². The number of halogens is 6. The summed E-state index contributed by atoms with van der Waals surface area (Å²) in [4.78, 5) is 7.85. The fraction of sp³-hybridized carbons (Fsp3) is 0.391. The maximum Gasteiger partial charge on any atom is 0.417 e. The summed E-state index contributed by atoms with van der Waals surface area (Å²) in [5, 5.41) is 24.3. The molecule has 0 amide bonds. The Bertz CT molecular complexity index is 1300. The number of phenols is 1. The van der Waals surface area contributed by atoms with E-state index in [1.807, 2.05) is 0 Å². The van der Waals surface area contributed by atoms with Gasteiger partial charge in [0.1, 0.15) is 17.1 Å². The summed E-state index contributed by atoms with van der Waals surface area (Å²) in [6, 6.07) is 3.39. The highest BCUT2D eigenvalue weighted by Crippen LogP contribution is 2.57. The van der Waals surface area contributed by atoms with Crippen molar-refractivity contribution in [2.45, 2.75) is 50.3 Å². The van der Waals surface area contributed by atoms with E-state index in [4.69, 9.17) is 11.6 Å². The average molecular weight is 502 g/mol. The van der Waals surface area contributed by atoms with Crippen LogP contribution < -0.4 is 5.32 Å². The number of aliphatic hydroxyl groups is 1. The van der Waals surface area contributed by atoms with Gasteiger partial charge in [0.15, 0.2) is 17.2 Å². The Balaban J connectivity index is 1.85. The molecule has 34 heavy (non-hydrogen) atoms. The van der Waals surface area contributed by atoms with Crippen LogP contribution in [0.4, 0.5) is 27.6 Å². The molecule has 11 heteroatoms. The van der Waals surface area contributed by atoms with Crippen molar-refractivity contribution >= 4 is 28.2 Å². The van der Waals surface area contributed by atoms with Gasteiger partial charge in [0.05, 0.1) is 5.02 Å². The number of alkyl halides is 3. The van der Waals surface area contributed by atoms with Gasteiger partial charge in [-0.05, 0) is 30.4 Å². The van der Waals surface area contributed by atoms with E-state index >= 15 is 0 Å². The first-order valence-corrected chi connectivity index (χ1v) is 10.7. The van der Waals surface area contributed by atoms with Gasteiger partial charge in [-0.1, -0.05) is 31.5 Å². The number of rotatable bonds is 3. The Hall–Kier alpha value is -2.72. The molecule has 3 N–H and O–H groups in total. The lowest BCUT2D eigenvalue weighted by Gasteiger charge is -2.49. The molecular formula is C23H21ClF5N3O2. The van der Waals surface area contributed by atoms with E-state index in [2.05, 4.69) is 15.3 Å². The molecule has 1 aromatic heterocycles. The van der Waals surface area contributed by atoms with Crippen LogP contribution >= 0.6 is 11.6 Å². The zero-order valence-electron chi connectivity index (χ0n) is 18.4. The molecule has 5 nitrogen and oxygen atoms in total. The summed E-state index contributed by atoms with van der Waals surface area (Å²) in [6.07, 6.45) is -4.54. The number of benzene rings is 2. The van der Waals surface area contributed by atoms with E-state index in [1.54, 1.807) is 0 Å². The summed E-state index contributed by atoms with van der Waals surface area (Å²) in [5.74, 6) is -4.23. The molecule has 0 saturated carbocycles. The molecule has 0 fully saturated rings. The molecule has 2 atom stereocenters. The van der Waals surface area contributed by atoms with E-state index in [0.29, 0.717) is 0 Å². The third-order valence-electron chi connectivity index (χ3n) is 6.38. The van der Waals surface area contributed by atoms with Crippen molar-refractivity contribution in [3.63, 3.8) is 0 Å². The molecule has 0 radical (unpaired) electrons. The lowest BCUT2D eigenvalue weighted by atomic mass is 9.61. The second-order valence-electron chi connectivity index (χ2n) is 9.18. The number of aromatic hydroxyl groups is 1. The maximum absolute atomic E-state index is 14.3. The van der Waals surface area contributed by atoms with E-state index in [1.165, 1.54) is 39.1 Å². The minimum atomic E-state index is -5.03. The Kier molecular flexibility index (Phi) is 5.68. The Morgan fingerprint density at radius 3 is 2.56 bits per heavy atom. The van der Waals surface area contributed by atoms with Gasteiger partial charge in [0, 0.05) is 41.4 Å². The van der Waals surface area contributed by atoms with Crippen molar-refractivity contribution in [3.8, 4) is 5.75 Å². The average Bonchev–Trinajstić information content (AvgIpc) is 2.72. The van der Waals surface area contributed by atoms with Crippen molar-refractivity contribution in [2.75, 3.05) is 11.9 Å². The summed E-state index contributed by atoms with van der Waals surface area (Å²) in [5.41, 5.74) is -4.58. The molecule has 1 heterocycles. The molecule has 0 saturated heterocycles. The number of nitrogens with zero attached hydrogens (tertiary/aromatic N) is 2. The molecule has 182 valence electrons. The second kappa shape index (κ2) is 7.91. The van der Waals surface area contributed by atoms with Crippen LogP contribution in [0.2, 0.25) is 5.02 Å². The molecule has 1 aliphatic carbocycles. The molecule has 0 aliphatic heterocycles. The van der Waals surface area contributed by atoms with E-state index < -0.39 is 47.7 Å². The smallest absolute Gasteiger partial charge is 0.417 e. The van der Waals surface area contributed by atoms with Gasteiger partial charge in [-0.2, -0.15) is 13.2 Å². The standard InChI is InChI=1S/C23H21ClF5N3O2/c1-10-30-7-12-16(6-15(25)18(26)19(12)32-10)31-8-13-11-4-5-14(24)20(33)17(11)21(2,3)9-22(13,34)23(27,28)29/h4-7,13,31,33-34H,8-9H2,1-3H3. The van der Waals surface area contributed by atoms with Crippen molar-refractivity contribution in [1.82, 2.24) is 9.97 Å². The Morgan fingerprint density at radius 1 is 1.24 bits per heavy atom. The lowest BCUT2D eigenvalue weighted by Crippen LogP contribution is -2.58. The summed E-state index contributed by atoms with van der Waals surface area (Å²) < 4.78 is 71.2. The highest BCUT2D eigenvalue weighted by atomic mass is 35.5. The van der Waals surface area contributed by atoms with Gasteiger partial charge in [0.25, 0.3) is 0 Å². The summed E-state index contributed by atoms with van der Waals surface area (Å²) >= 11 is 6.02. The van der Waals surface area contributed by atoms with Crippen LogP contribution in [0.25, 0.3) is 10.9 Å². The first-order valence-electron chi connectivity index (χ1n) is 10.3. The largest absolute Gasteiger partial charge is 0.506 e. The van der Waals surface area contributed by atoms with Gasteiger partial charge in [0.2, 0.25) is 0 Å². The quantitative estimate of drug-likeness (QED) is 0.399. The number of hydrogen-bond donors (Lipinski definition) is 3. The SMILES string of the molecule is Cc1ncc2c(NCC3c4ccc(Cl)c(O)c4C(C)(C)CC3(O)C(F)(F)F)cc(F)c(F)c2n1. The normalized spacial score (nSPS) is 22.0. The summed E-state index contributed by atoms with van der Waals surface area (Å²) in [7, 11) is 0. The fourth-order valence-corrected chi connectivity index (χ4v) is 5.03. The van der Waals surface area contributed by atoms with Crippen LogP contribution in [-0.2, 0) is 5.41 Å². The molecule has 4 rings (SSSR count). The van der Waals surface area contributed by atoms with Crippen LogP contribution in [0.1, 0.15) is 43.1 Å². The predicted octanol–water partition coefficient (Wildman–Crippen LogP) is 5.75. The number of anilines is 1. The third-order valence-corrected chi connectivity index (χ3v) is 6.68. The topological polar surface area (TPSA) is 78.3 Å². The number of hydrogen-bond acceptors (Lipinski definition) is 5. The zero-order valence-corrected chi connectivity index (χ0v) is 19.1. The van der Waals surface area contributed by atoms with Gasteiger partial charge in [-0.25, -0.2) is 18.7 Å². The number of nitrogens with one attached hydrogen (secondary N) is 1. The van der Waals surface area contributed by atoms with Gasteiger partial charge < -0.3 is 15.5 Å². The van der Waals surface area contributed by atoms with Crippen LogP contribution in [0, 0.1) is 18.6 Å². The van der Waals surface area contributed by atoms with Gasteiger partial charge in [-0.3, -0.25) is 0 Å². The second-order valence-corrected chi connectivity index (χ2v) is 9.58. The molecule has 0 spiro atoms. The Labute approximate surface area is 196 Å². The minimum absolute atomic E-state index is 0.0323. The number of phenolic OH excluding ortho intramolecular Hbond substituents is 1. The molecule has 2 aromatic carbocycles. The van der Waals surface area contributed by atoms with E-state index in [-0.39, 0.29) is 44.3 Å². The summed E-state index contributed by atoms with van der Waals surface area (Å²) in [6.45, 7) is 3.92. The van der Waals surface area contributed by atoms with Crippen molar-refractivity contribution in [2.24, 2.45) is 0 Å². The van der Waals surface area contributed by atoms with Crippen molar-refractivity contribution in [1.29, 1.82) is 0 Å². The zero-order chi connectivity index (χ0) is 25.2. The maximum atomic E-state index is 14.3. The van der Waals surface area contributed by atoms with Gasteiger partial charge >= 0.3 is 6.18 Å². The predicted molar refractivity (Wildman–Crippen MR) is 117 cm³/mol. The van der Waals surface area contributed by atoms with Gasteiger partial charge in [-0.15, -0.1) is 0 Å². The first-order chi connectivity index (χ1) is 15.7. The number of aromatic nitrogens is 2. The number of aryl methyl sites for hydroxylation is 1. The van der Waals surface area contributed by atoms with E-state index in [0.717, 1.165) is 6.07 Å². The van der Waals surface area contributed by atoms with Crippen LogP contribution in [0.15, 0.2) is 24.4 Å². The van der Waals surface area contributed by atoms with E-state index in [9.17, 15) is 32.2 Å². The molecule has 3 aromatic rings. The molecule has 2 unspecified atom stereocenters. The molecule has 0 bridgehead atoms. The molecule has 1 aliphatic rings. The van der Waals surface area contributed by atoms with Crippen LogP contribution in [0.3, 0.4) is 0 Å².